The number of piperidine rings is 1. The summed E-state index contributed by atoms with van der Waals surface area (Å²) in [6.07, 6.45) is 4.56. The number of nitrogens with one attached hydrogen (secondary N) is 1. The Labute approximate surface area is 127 Å². The van der Waals surface area contributed by atoms with Crippen molar-refractivity contribution in [3.63, 3.8) is 0 Å². The molecule has 2 aromatic rings. The molecule has 1 saturated heterocycles. The lowest BCUT2D eigenvalue weighted by Gasteiger charge is -2.29. The summed E-state index contributed by atoms with van der Waals surface area (Å²) in [5, 5.41) is 7.73. The molecule has 0 radical (unpaired) electrons. The molecule has 0 saturated carbocycles. The normalized spacial score (nSPS) is 17.7. The molecule has 20 heavy (non-hydrogen) atoms. The van der Waals surface area contributed by atoms with E-state index in [1.165, 1.54) is 25.9 Å². The van der Waals surface area contributed by atoms with E-state index in [1.54, 1.807) is 4.52 Å². The van der Waals surface area contributed by atoms with Gasteiger partial charge in [0.2, 0.25) is 5.95 Å². The van der Waals surface area contributed by atoms with E-state index in [1.807, 2.05) is 18.3 Å². The summed E-state index contributed by atoms with van der Waals surface area (Å²) in [5.74, 6) is 1.59. The molecule has 0 bridgehead atoms. The van der Waals surface area contributed by atoms with Gasteiger partial charge < -0.3 is 10.2 Å². The van der Waals surface area contributed by atoms with Crippen molar-refractivity contribution in [1.29, 1.82) is 0 Å². The highest BCUT2D eigenvalue weighted by molar-refractivity contribution is 9.10. The summed E-state index contributed by atoms with van der Waals surface area (Å²) in [4.78, 5) is 6.96. The Morgan fingerprint density at radius 1 is 1.35 bits per heavy atom. The number of anilines is 1. The molecular weight excluding hydrogens is 318 g/mol. The summed E-state index contributed by atoms with van der Waals surface area (Å²) in [6.45, 7) is 6.73. The number of fused-ring (bicyclic) bond motifs is 1. The lowest BCUT2D eigenvalue weighted by Crippen LogP contribution is -2.36. The Morgan fingerprint density at radius 3 is 2.95 bits per heavy atom. The van der Waals surface area contributed by atoms with Gasteiger partial charge in [-0.3, -0.25) is 0 Å². The van der Waals surface area contributed by atoms with Crippen LogP contribution in [0.4, 0.5) is 5.95 Å². The third-order valence-corrected chi connectivity index (χ3v) is 4.35. The van der Waals surface area contributed by atoms with Gasteiger partial charge in [-0.2, -0.15) is 4.98 Å². The zero-order valence-corrected chi connectivity index (χ0v) is 13.3. The number of pyridine rings is 1. The Morgan fingerprint density at radius 2 is 2.15 bits per heavy atom. The molecule has 3 heterocycles. The van der Waals surface area contributed by atoms with Crippen LogP contribution < -0.4 is 5.32 Å². The van der Waals surface area contributed by atoms with Crippen molar-refractivity contribution < 1.29 is 0 Å². The molecule has 0 spiro atoms. The lowest BCUT2D eigenvalue weighted by molar-refractivity contribution is 0.199. The fourth-order valence-electron chi connectivity index (χ4n) is 2.54. The molecule has 1 aliphatic heterocycles. The molecule has 0 atom stereocenters. The minimum absolute atomic E-state index is 0.702. The van der Waals surface area contributed by atoms with Crippen LogP contribution in [0.1, 0.15) is 19.8 Å². The standard InChI is InChI=1S/C14H20BrN5/c1-11-4-7-19(8-5-11)9-6-16-14-17-13-3-2-12(15)10-20(13)18-14/h2-3,10-11H,4-9H2,1H3,(H,16,18). The molecule has 0 amide bonds. The molecule has 1 aliphatic rings. The molecule has 0 aliphatic carbocycles. The summed E-state index contributed by atoms with van der Waals surface area (Å²) >= 11 is 3.44. The maximum Gasteiger partial charge on any atom is 0.243 e. The van der Waals surface area contributed by atoms with Gasteiger partial charge in [-0.1, -0.05) is 6.92 Å². The van der Waals surface area contributed by atoms with Crippen LogP contribution in [0.3, 0.4) is 0 Å². The first kappa shape index (κ1) is 13.8. The minimum Gasteiger partial charge on any atom is -0.352 e. The van der Waals surface area contributed by atoms with Gasteiger partial charge in [0.1, 0.15) is 0 Å². The highest BCUT2D eigenvalue weighted by Crippen LogP contribution is 2.15. The summed E-state index contributed by atoms with van der Waals surface area (Å²) in [5.41, 5.74) is 0.863. The molecule has 108 valence electrons. The number of nitrogens with zero attached hydrogens (tertiary/aromatic N) is 4. The Kier molecular flexibility index (Phi) is 4.21. The fourth-order valence-corrected chi connectivity index (χ4v) is 2.87. The van der Waals surface area contributed by atoms with Crippen molar-refractivity contribution in [3.05, 3.63) is 22.8 Å². The molecule has 5 nitrogen and oxygen atoms in total. The second kappa shape index (κ2) is 6.10. The van der Waals surface area contributed by atoms with Crippen molar-refractivity contribution >= 4 is 27.5 Å². The van der Waals surface area contributed by atoms with Crippen LogP contribution in [-0.2, 0) is 0 Å². The van der Waals surface area contributed by atoms with Gasteiger partial charge in [0.25, 0.3) is 0 Å². The summed E-state index contributed by atoms with van der Waals surface area (Å²) in [6, 6.07) is 3.93. The van der Waals surface area contributed by atoms with Crippen LogP contribution in [0.5, 0.6) is 0 Å². The van der Waals surface area contributed by atoms with Crippen molar-refractivity contribution in [3.8, 4) is 0 Å². The van der Waals surface area contributed by atoms with Crippen LogP contribution >= 0.6 is 15.9 Å². The second-order valence-corrected chi connectivity index (χ2v) is 6.45. The van der Waals surface area contributed by atoms with E-state index in [-0.39, 0.29) is 0 Å². The second-order valence-electron chi connectivity index (χ2n) is 5.54. The van der Waals surface area contributed by atoms with Crippen LogP contribution in [-0.4, -0.2) is 45.7 Å². The van der Waals surface area contributed by atoms with Gasteiger partial charge in [-0.05, 0) is 59.9 Å². The SMILES string of the molecule is CC1CCN(CCNc2nc3ccc(Br)cn3n2)CC1. The topological polar surface area (TPSA) is 45.5 Å². The highest BCUT2D eigenvalue weighted by Gasteiger charge is 2.15. The van der Waals surface area contributed by atoms with Crippen molar-refractivity contribution in [2.45, 2.75) is 19.8 Å². The zero-order chi connectivity index (χ0) is 13.9. The lowest BCUT2D eigenvalue weighted by atomic mass is 9.99. The van der Waals surface area contributed by atoms with Gasteiger partial charge in [0, 0.05) is 23.8 Å². The average molecular weight is 338 g/mol. The predicted octanol–water partition coefficient (Wildman–Crippen LogP) is 2.64. The number of likely N-dealkylation sites (tertiary alicyclic amines) is 1. The van der Waals surface area contributed by atoms with Crippen LogP contribution in [0.2, 0.25) is 0 Å². The molecule has 1 fully saturated rings. The predicted molar refractivity (Wildman–Crippen MR) is 84.0 cm³/mol. The van der Waals surface area contributed by atoms with E-state index in [0.717, 1.165) is 29.1 Å². The van der Waals surface area contributed by atoms with Crippen LogP contribution in [0.15, 0.2) is 22.8 Å². The third kappa shape index (κ3) is 3.30. The highest BCUT2D eigenvalue weighted by atomic mass is 79.9. The molecule has 3 rings (SSSR count). The zero-order valence-electron chi connectivity index (χ0n) is 11.7. The van der Waals surface area contributed by atoms with Gasteiger partial charge in [-0.25, -0.2) is 4.52 Å². The smallest absolute Gasteiger partial charge is 0.243 e. The molecule has 6 heteroatoms. The minimum atomic E-state index is 0.702. The maximum atomic E-state index is 4.45. The van der Waals surface area contributed by atoms with Gasteiger partial charge in [-0.15, -0.1) is 5.10 Å². The summed E-state index contributed by atoms with van der Waals surface area (Å²) < 4.78 is 2.79. The quantitative estimate of drug-likeness (QED) is 0.931. The van der Waals surface area contributed by atoms with Gasteiger partial charge in [0.05, 0.1) is 0 Å². The molecule has 0 aromatic carbocycles. The first-order chi connectivity index (χ1) is 9.70. The first-order valence-corrected chi connectivity index (χ1v) is 7.98. The van der Waals surface area contributed by atoms with Crippen LogP contribution in [0, 0.1) is 5.92 Å². The van der Waals surface area contributed by atoms with Gasteiger partial charge >= 0.3 is 0 Å². The molecular formula is C14H20BrN5. The van der Waals surface area contributed by atoms with E-state index >= 15 is 0 Å². The number of aromatic nitrogens is 3. The maximum absolute atomic E-state index is 4.45. The Bertz CT molecular complexity index is 574. The van der Waals surface area contributed by atoms with E-state index in [4.69, 9.17) is 0 Å². The third-order valence-electron chi connectivity index (χ3n) is 3.88. The van der Waals surface area contributed by atoms with Crippen molar-refractivity contribution in [2.75, 3.05) is 31.5 Å². The number of rotatable bonds is 4. The fraction of sp³-hybridized carbons (Fsp3) is 0.571. The van der Waals surface area contributed by atoms with E-state index in [0.29, 0.717) is 5.95 Å². The Balaban J connectivity index is 1.52. The number of halogens is 1. The van der Waals surface area contributed by atoms with E-state index in [9.17, 15) is 0 Å². The monoisotopic (exact) mass is 337 g/mol. The first-order valence-electron chi connectivity index (χ1n) is 7.19. The van der Waals surface area contributed by atoms with Crippen LogP contribution in [0.25, 0.3) is 5.65 Å². The molecule has 1 N–H and O–H groups in total. The summed E-state index contributed by atoms with van der Waals surface area (Å²) in [7, 11) is 0. The van der Waals surface area contributed by atoms with E-state index < -0.39 is 0 Å². The number of hydrogen-bond acceptors (Lipinski definition) is 4. The molecule has 0 unspecified atom stereocenters. The van der Waals surface area contributed by atoms with E-state index in [2.05, 4.69) is 43.2 Å². The molecule has 2 aromatic heterocycles. The average Bonchev–Trinajstić information content (AvgIpc) is 2.83. The van der Waals surface area contributed by atoms with Crippen molar-refractivity contribution in [2.24, 2.45) is 5.92 Å². The number of hydrogen-bond donors (Lipinski definition) is 1. The van der Waals surface area contributed by atoms with Gasteiger partial charge in [0.15, 0.2) is 5.65 Å². The van der Waals surface area contributed by atoms with Crippen molar-refractivity contribution in [1.82, 2.24) is 19.5 Å². The Hall–Kier alpha value is -1.14. The largest absolute Gasteiger partial charge is 0.352 e.